The molecule has 2 fully saturated rings. The van der Waals surface area contributed by atoms with Crippen LogP contribution in [0.1, 0.15) is 67.1 Å². The van der Waals surface area contributed by atoms with Crippen molar-refractivity contribution in [2.45, 2.75) is 50.1 Å². The van der Waals surface area contributed by atoms with Gasteiger partial charge in [0.25, 0.3) is 0 Å². The molecule has 8 rings (SSSR count). The largest absolute Gasteiger partial charge is 0.508 e. The lowest BCUT2D eigenvalue weighted by molar-refractivity contribution is -0.243. The Balaban J connectivity index is 0.000000356. The summed E-state index contributed by atoms with van der Waals surface area (Å²) in [7, 11) is 0. The molecule has 2 saturated heterocycles. The minimum Gasteiger partial charge on any atom is -0.508 e. The molecule has 0 aliphatic carbocycles. The number of esters is 6. The number of ether oxygens (including phenoxy) is 8. The Morgan fingerprint density at radius 2 is 0.803 bits per heavy atom. The fourth-order valence-electron chi connectivity index (χ4n) is 7.41. The van der Waals surface area contributed by atoms with E-state index in [-0.39, 0.29) is 60.6 Å². The summed E-state index contributed by atoms with van der Waals surface area (Å²) in [6.07, 6.45) is 2.12. The average Bonchev–Trinajstić information content (AvgIpc) is 4.03. The first kappa shape index (κ1) is 56.8. The standard InChI is InChI=1S/C42H30O12.2C7H12O4/c43-31-11-5-25-17-29(3-1-27(25)19-31)41(47)51-33-13-7-23(8-14-33)39(45)53-35-21-49-38-36(22-50-37(35)38)54-40(46)24-9-15-34(16-10-24)52-42(48)30-4-2-28-20-32(44)12-6-26(28)18-30;2*1-2-7(8)10-5-3-4-6-11-9/h1-20,35-38,43-44H,21-22H2;2*2,9H,1,3-6H2/t35-,36-,37?,38?;;/m1../s1. The maximum absolute atomic E-state index is 13.0. The lowest BCUT2D eigenvalue weighted by Crippen LogP contribution is -2.36. The Bertz CT molecular complexity index is 2770. The van der Waals surface area contributed by atoms with Crippen molar-refractivity contribution in [3.63, 3.8) is 0 Å². The van der Waals surface area contributed by atoms with Crippen molar-refractivity contribution in [3.05, 3.63) is 169 Å². The molecule has 0 saturated carbocycles. The van der Waals surface area contributed by atoms with Crippen LogP contribution in [0.25, 0.3) is 21.5 Å². The minimum atomic E-state index is -0.748. The first-order valence-corrected chi connectivity index (χ1v) is 23.7. The molecule has 6 aromatic carbocycles. The number of hydrogen-bond acceptors (Lipinski definition) is 20. The normalized spacial score (nSPS) is 16.1. The zero-order chi connectivity index (χ0) is 54.4. The fourth-order valence-corrected chi connectivity index (χ4v) is 7.41. The number of carbonyl (C=O) groups is 6. The Kier molecular flexibility index (Phi) is 21.5. The van der Waals surface area contributed by atoms with Gasteiger partial charge in [0.2, 0.25) is 0 Å². The molecule has 398 valence electrons. The van der Waals surface area contributed by atoms with Gasteiger partial charge in [-0.3, -0.25) is 10.5 Å². The van der Waals surface area contributed by atoms with Crippen LogP contribution in [-0.4, -0.2) is 121 Å². The zero-order valence-corrected chi connectivity index (χ0v) is 40.8. The van der Waals surface area contributed by atoms with Crippen molar-refractivity contribution < 1.29 is 97.2 Å². The third-order valence-corrected chi connectivity index (χ3v) is 11.3. The van der Waals surface area contributed by atoms with Crippen LogP contribution in [0.5, 0.6) is 23.0 Å². The van der Waals surface area contributed by atoms with E-state index in [1.54, 1.807) is 60.7 Å². The van der Waals surface area contributed by atoms with Crippen LogP contribution in [0.2, 0.25) is 0 Å². The van der Waals surface area contributed by atoms with Crippen molar-refractivity contribution in [3.8, 4) is 23.0 Å². The van der Waals surface area contributed by atoms with Gasteiger partial charge in [-0.05, 0) is 144 Å². The van der Waals surface area contributed by atoms with Gasteiger partial charge in [-0.15, -0.1) is 0 Å². The number of fused-ring (bicyclic) bond motifs is 3. The van der Waals surface area contributed by atoms with Crippen LogP contribution in [0.15, 0.2) is 147 Å². The van der Waals surface area contributed by atoms with E-state index in [1.807, 2.05) is 0 Å². The Hall–Kier alpha value is -8.50. The van der Waals surface area contributed by atoms with Crippen LogP contribution in [0.3, 0.4) is 0 Å². The second-order valence-electron chi connectivity index (χ2n) is 16.6. The van der Waals surface area contributed by atoms with Crippen molar-refractivity contribution in [1.29, 1.82) is 0 Å². The molecule has 0 bridgehead atoms. The number of phenolic OH excluding ortho intramolecular Hbond substituents is 2. The minimum absolute atomic E-state index is 0.0376. The van der Waals surface area contributed by atoms with Crippen molar-refractivity contribution in [2.75, 3.05) is 39.6 Å². The summed E-state index contributed by atoms with van der Waals surface area (Å²) >= 11 is 0. The van der Waals surface area contributed by atoms with E-state index < -0.39 is 60.2 Å². The summed E-state index contributed by atoms with van der Waals surface area (Å²) in [6, 6.07) is 31.5. The van der Waals surface area contributed by atoms with Gasteiger partial charge in [-0.2, -0.15) is 0 Å². The molecule has 6 aromatic rings. The molecule has 2 aliphatic rings. The zero-order valence-electron chi connectivity index (χ0n) is 40.8. The third-order valence-electron chi connectivity index (χ3n) is 11.3. The second kappa shape index (κ2) is 28.8. The lowest BCUT2D eigenvalue weighted by Gasteiger charge is -2.17. The topological polar surface area (TPSA) is 276 Å². The van der Waals surface area contributed by atoms with E-state index in [0.717, 1.165) is 33.7 Å². The van der Waals surface area contributed by atoms with E-state index in [2.05, 4.69) is 32.4 Å². The molecule has 2 unspecified atom stereocenters. The first-order valence-electron chi connectivity index (χ1n) is 23.7. The van der Waals surface area contributed by atoms with Gasteiger partial charge < -0.3 is 48.1 Å². The molecule has 0 amide bonds. The number of rotatable bonds is 20. The molecule has 2 aliphatic heterocycles. The Morgan fingerprint density at radius 1 is 0.461 bits per heavy atom. The number of phenols is 2. The van der Waals surface area contributed by atoms with Gasteiger partial charge in [-0.25, -0.2) is 38.5 Å². The second-order valence-corrected chi connectivity index (χ2v) is 16.6. The molecule has 0 radical (unpaired) electrons. The Labute approximate surface area is 434 Å². The van der Waals surface area contributed by atoms with Gasteiger partial charge in [0.05, 0.1) is 61.9 Å². The molecule has 0 aromatic heterocycles. The molecule has 20 heteroatoms. The van der Waals surface area contributed by atoms with Gasteiger partial charge in [-0.1, -0.05) is 37.4 Å². The van der Waals surface area contributed by atoms with Crippen LogP contribution >= 0.6 is 0 Å². The number of benzene rings is 6. The predicted molar refractivity (Wildman–Crippen MR) is 270 cm³/mol. The predicted octanol–water partition coefficient (Wildman–Crippen LogP) is 8.36. The summed E-state index contributed by atoms with van der Waals surface area (Å²) in [5.41, 5.74) is 1.09. The molecular formula is C56H54O20. The molecule has 76 heavy (non-hydrogen) atoms. The van der Waals surface area contributed by atoms with E-state index in [9.17, 15) is 39.0 Å². The summed E-state index contributed by atoms with van der Waals surface area (Å²) in [5.74, 6) is -2.55. The average molecular weight is 1050 g/mol. The van der Waals surface area contributed by atoms with Crippen LogP contribution in [-0.2, 0) is 47.8 Å². The van der Waals surface area contributed by atoms with Crippen molar-refractivity contribution >= 4 is 57.4 Å². The Morgan fingerprint density at radius 3 is 1.17 bits per heavy atom. The molecule has 4 N–H and O–H groups in total. The number of carbonyl (C=O) groups excluding carboxylic acids is 6. The van der Waals surface area contributed by atoms with Crippen LogP contribution in [0, 0.1) is 0 Å². The summed E-state index contributed by atoms with van der Waals surface area (Å²) in [5, 5.41) is 38.2. The number of aromatic hydroxyl groups is 2. The van der Waals surface area contributed by atoms with Gasteiger partial charge in [0.1, 0.15) is 35.2 Å². The smallest absolute Gasteiger partial charge is 0.343 e. The molecule has 4 atom stereocenters. The van der Waals surface area contributed by atoms with Crippen LogP contribution < -0.4 is 9.47 Å². The van der Waals surface area contributed by atoms with Crippen LogP contribution in [0.4, 0.5) is 0 Å². The summed E-state index contributed by atoms with van der Waals surface area (Å²) < 4.78 is 43.3. The summed E-state index contributed by atoms with van der Waals surface area (Å²) in [4.78, 5) is 79.9. The van der Waals surface area contributed by atoms with Gasteiger partial charge in [0, 0.05) is 12.2 Å². The van der Waals surface area contributed by atoms with Crippen molar-refractivity contribution in [2.24, 2.45) is 0 Å². The highest BCUT2D eigenvalue weighted by atomic mass is 17.1. The quantitative estimate of drug-likeness (QED) is 0.0106. The number of hydrogen-bond donors (Lipinski definition) is 4. The fraction of sp³-hybridized carbons (Fsp3) is 0.250. The van der Waals surface area contributed by atoms with E-state index >= 15 is 0 Å². The molecular weight excluding hydrogens is 993 g/mol. The monoisotopic (exact) mass is 1050 g/mol. The lowest BCUT2D eigenvalue weighted by atomic mass is 10.1. The highest BCUT2D eigenvalue weighted by Gasteiger charge is 2.51. The molecule has 20 nitrogen and oxygen atoms in total. The molecule has 0 spiro atoms. The maximum Gasteiger partial charge on any atom is 0.343 e. The SMILES string of the molecule is C=CC(=O)OCCCCOO.C=CC(=O)OCCCCOO.O=C(Oc1ccc(C(=O)O[C@@H]2COC3C2OC[C@H]3OC(=O)c2ccc(OC(=O)c3ccc4cc(O)ccc4c3)cc2)cc1)c1ccc2cc(O)ccc2c1. The first-order chi connectivity index (χ1) is 36.8. The van der Waals surface area contributed by atoms with E-state index in [1.165, 1.54) is 60.7 Å². The van der Waals surface area contributed by atoms with E-state index in [0.29, 0.717) is 50.0 Å². The highest BCUT2D eigenvalue weighted by Crippen LogP contribution is 2.32. The molecule has 2 heterocycles. The van der Waals surface area contributed by atoms with Gasteiger partial charge in [0.15, 0.2) is 12.2 Å². The van der Waals surface area contributed by atoms with E-state index in [4.69, 9.17) is 38.9 Å². The number of unbranched alkanes of at least 4 members (excludes halogenated alkanes) is 2. The van der Waals surface area contributed by atoms with Crippen molar-refractivity contribution in [1.82, 2.24) is 0 Å². The van der Waals surface area contributed by atoms with Gasteiger partial charge >= 0.3 is 35.8 Å². The third kappa shape index (κ3) is 16.8. The summed E-state index contributed by atoms with van der Waals surface area (Å²) in [6.45, 7) is 7.77. The maximum atomic E-state index is 13.0. The highest BCUT2D eigenvalue weighted by molar-refractivity contribution is 5.98.